The molecule has 0 aromatic heterocycles. The van der Waals surface area contributed by atoms with E-state index in [1.54, 1.807) is 12.1 Å². The highest BCUT2D eigenvalue weighted by atomic mass is 79.9. The van der Waals surface area contributed by atoms with Crippen LogP contribution in [0.5, 0.6) is 0 Å². The highest BCUT2D eigenvalue weighted by Gasteiger charge is 2.10. The first-order valence-electron chi connectivity index (χ1n) is 3.58. The molecule has 0 aliphatic heterocycles. The zero-order valence-electron chi connectivity index (χ0n) is 6.58. The zero-order chi connectivity index (χ0) is 9.14. The van der Waals surface area contributed by atoms with E-state index in [1.807, 2.05) is 6.92 Å². The van der Waals surface area contributed by atoms with Crippen molar-refractivity contribution < 1.29 is 4.92 Å². The van der Waals surface area contributed by atoms with Crippen LogP contribution in [0, 0.1) is 10.1 Å². The molecule has 0 atom stereocenters. The van der Waals surface area contributed by atoms with Crippen LogP contribution in [0.2, 0.25) is 0 Å². The van der Waals surface area contributed by atoms with E-state index in [2.05, 4.69) is 15.9 Å². The van der Waals surface area contributed by atoms with Crippen LogP contribution in [0.15, 0.2) is 22.7 Å². The number of benzene rings is 1. The molecule has 1 aromatic carbocycles. The van der Waals surface area contributed by atoms with E-state index in [4.69, 9.17) is 0 Å². The van der Waals surface area contributed by atoms with Crippen LogP contribution >= 0.6 is 15.9 Å². The number of nitro benzene ring substituents is 1. The molecule has 3 nitrogen and oxygen atoms in total. The Kier molecular flexibility index (Phi) is 2.81. The minimum Gasteiger partial charge on any atom is -0.258 e. The quantitative estimate of drug-likeness (QED) is 0.579. The summed E-state index contributed by atoms with van der Waals surface area (Å²) >= 11 is 3.26. The fourth-order valence-electron chi connectivity index (χ4n) is 1.02. The third-order valence-electron chi connectivity index (χ3n) is 1.62. The van der Waals surface area contributed by atoms with Crippen LogP contribution in [0.3, 0.4) is 0 Å². The highest BCUT2D eigenvalue weighted by Crippen LogP contribution is 2.22. The first-order chi connectivity index (χ1) is 5.65. The van der Waals surface area contributed by atoms with E-state index in [-0.39, 0.29) is 10.6 Å². The fraction of sp³-hybridized carbons (Fsp3) is 0.250. The maximum Gasteiger partial charge on any atom is 0.272 e. The predicted octanol–water partition coefficient (Wildman–Crippen LogP) is 2.92. The van der Waals surface area contributed by atoms with Crippen LogP contribution in [0.4, 0.5) is 5.69 Å². The molecule has 1 aromatic rings. The Hall–Kier alpha value is -0.900. The lowest BCUT2D eigenvalue weighted by Crippen LogP contribution is -1.93. The molecule has 0 unspecified atom stereocenters. The SMILES string of the molecule is CCc1cc(Br)ccc1[N+](=O)[O-]. The fourth-order valence-corrected chi connectivity index (χ4v) is 1.42. The summed E-state index contributed by atoms with van der Waals surface area (Å²) in [5.74, 6) is 0. The van der Waals surface area contributed by atoms with Crippen molar-refractivity contribution in [3.63, 3.8) is 0 Å². The smallest absolute Gasteiger partial charge is 0.258 e. The Morgan fingerprint density at radius 1 is 1.58 bits per heavy atom. The van der Waals surface area contributed by atoms with Gasteiger partial charge in [0.1, 0.15) is 0 Å². The molecular weight excluding hydrogens is 222 g/mol. The van der Waals surface area contributed by atoms with Crippen molar-refractivity contribution in [3.05, 3.63) is 38.3 Å². The summed E-state index contributed by atoms with van der Waals surface area (Å²) in [5.41, 5.74) is 0.954. The van der Waals surface area contributed by atoms with Crippen molar-refractivity contribution in [2.75, 3.05) is 0 Å². The van der Waals surface area contributed by atoms with E-state index < -0.39 is 0 Å². The molecule has 0 amide bonds. The van der Waals surface area contributed by atoms with Crippen LogP contribution in [-0.2, 0) is 6.42 Å². The molecule has 0 aliphatic carbocycles. The number of rotatable bonds is 2. The highest BCUT2D eigenvalue weighted by molar-refractivity contribution is 9.10. The number of nitrogens with zero attached hydrogens (tertiary/aromatic N) is 1. The second-order valence-electron chi connectivity index (χ2n) is 2.38. The third kappa shape index (κ3) is 1.82. The monoisotopic (exact) mass is 229 g/mol. The largest absolute Gasteiger partial charge is 0.272 e. The zero-order valence-corrected chi connectivity index (χ0v) is 8.17. The average Bonchev–Trinajstić information content (AvgIpc) is 2.03. The number of hydrogen-bond acceptors (Lipinski definition) is 2. The molecule has 0 N–H and O–H groups in total. The van der Waals surface area contributed by atoms with Crippen molar-refractivity contribution >= 4 is 21.6 Å². The van der Waals surface area contributed by atoms with Gasteiger partial charge in [-0.3, -0.25) is 10.1 Å². The van der Waals surface area contributed by atoms with Crippen molar-refractivity contribution in [1.82, 2.24) is 0 Å². The number of hydrogen-bond donors (Lipinski definition) is 0. The van der Waals surface area contributed by atoms with Gasteiger partial charge < -0.3 is 0 Å². The molecule has 4 heteroatoms. The van der Waals surface area contributed by atoms with Crippen LogP contribution < -0.4 is 0 Å². The van der Waals surface area contributed by atoms with Gasteiger partial charge in [0, 0.05) is 16.1 Å². The maximum atomic E-state index is 10.5. The van der Waals surface area contributed by atoms with Gasteiger partial charge in [0.25, 0.3) is 5.69 Å². The summed E-state index contributed by atoms with van der Waals surface area (Å²) in [7, 11) is 0. The molecule has 0 saturated carbocycles. The molecule has 0 saturated heterocycles. The molecule has 0 fully saturated rings. The number of nitro groups is 1. The summed E-state index contributed by atoms with van der Waals surface area (Å²) in [4.78, 5) is 10.1. The molecule has 12 heavy (non-hydrogen) atoms. The topological polar surface area (TPSA) is 43.1 Å². The maximum absolute atomic E-state index is 10.5. The predicted molar refractivity (Wildman–Crippen MR) is 50.2 cm³/mol. The van der Waals surface area contributed by atoms with E-state index in [0.717, 1.165) is 10.0 Å². The summed E-state index contributed by atoms with van der Waals surface area (Å²) in [5, 5.41) is 10.5. The van der Waals surface area contributed by atoms with Crippen molar-refractivity contribution in [2.24, 2.45) is 0 Å². The molecule has 0 bridgehead atoms. The van der Waals surface area contributed by atoms with Crippen molar-refractivity contribution in [3.8, 4) is 0 Å². The Bertz CT molecular complexity index is 312. The van der Waals surface area contributed by atoms with Gasteiger partial charge in [-0.25, -0.2) is 0 Å². The Morgan fingerprint density at radius 2 is 2.25 bits per heavy atom. The van der Waals surface area contributed by atoms with Crippen molar-refractivity contribution in [2.45, 2.75) is 13.3 Å². The minimum absolute atomic E-state index is 0.195. The second-order valence-corrected chi connectivity index (χ2v) is 3.30. The van der Waals surface area contributed by atoms with Gasteiger partial charge >= 0.3 is 0 Å². The van der Waals surface area contributed by atoms with Gasteiger partial charge in [0.15, 0.2) is 0 Å². The summed E-state index contributed by atoms with van der Waals surface area (Å²) < 4.78 is 0.880. The minimum atomic E-state index is -0.356. The second kappa shape index (κ2) is 3.67. The van der Waals surface area contributed by atoms with Gasteiger partial charge in [-0.2, -0.15) is 0 Å². The lowest BCUT2D eigenvalue weighted by molar-refractivity contribution is -0.385. The van der Waals surface area contributed by atoms with Crippen LogP contribution in [-0.4, -0.2) is 4.92 Å². The third-order valence-corrected chi connectivity index (χ3v) is 2.11. The Balaban J connectivity index is 3.20. The molecule has 64 valence electrons. The standard InChI is InChI=1S/C8H8BrNO2/c1-2-6-5-7(9)3-4-8(6)10(11)12/h3-5H,2H2,1H3. The summed E-state index contributed by atoms with van der Waals surface area (Å²) in [6.07, 6.45) is 0.676. The summed E-state index contributed by atoms with van der Waals surface area (Å²) in [6, 6.07) is 4.97. The molecule has 0 aliphatic rings. The lowest BCUT2D eigenvalue weighted by Gasteiger charge is -1.99. The first-order valence-corrected chi connectivity index (χ1v) is 4.37. The average molecular weight is 230 g/mol. The molecule has 1 rings (SSSR count). The molecular formula is C8H8BrNO2. The van der Waals surface area contributed by atoms with Gasteiger partial charge in [-0.05, 0) is 18.6 Å². The van der Waals surface area contributed by atoms with Crippen molar-refractivity contribution in [1.29, 1.82) is 0 Å². The van der Waals surface area contributed by atoms with Gasteiger partial charge in [-0.1, -0.05) is 22.9 Å². The molecule has 0 radical (unpaired) electrons. The van der Waals surface area contributed by atoms with Gasteiger partial charge in [0.2, 0.25) is 0 Å². The Labute approximate surface area is 78.7 Å². The number of halogens is 1. The van der Waals surface area contributed by atoms with Crippen LogP contribution in [0.1, 0.15) is 12.5 Å². The first kappa shape index (κ1) is 9.19. The molecule has 0 heterocycles. The molecule has 0 spiro atoms. The van der Waals surface area contributed by atoms with Gasteiger partial charge in [0.05, 0.1) is 4.92 Å². The van der Waals surface area contributed by atoms with Gasteiger partial charge in [-0.15, -0.1) is 0 Å². The van der Waals surface area contributed by atoms with E-state index in [9.17, 15) is 10.1 Å². The van der Waals surface area contributed by atoms with E-state index >= 15 is 0 Å². The van der Waals surface area contributed by atoms with E-state index in [1.165, 1.54) is 6.07 Å². The number of aryl methyl sites for hydroxylation is 1. The summed E-state index contributed by atoms with van der Waals surface area (Å²) in [6.45, 7) is 1.90. The normalized spacial score (nSPS) is 9.83. The van der Waals surface area contributed by atoms with Crippen LogP contribution in [0.25, 0.3) is 0 Å². The lowest BCUT2D eigenvalue weighted by atomic mass is 10.1. The van der Waals surface area contributed by atoms with E-state index in [0.29, 0.717) is 6.42 Å². The Morgan fingerprint density at radius 3 is 2.75 bits per heavy atom.